The van der Waals surface area contributed by atoms with Gasteiger partial charge in [-0.25, -0.2) is 4.98 Å². The first-order valence-corrected chi connectivity index (χ1v) is 6.22. The van der Waals surface area contributed by atoms with Gasteiger partial charge in [0.25, 0.3) is 0 Å². The highest BCUT2D eigenvalue weighted by atomic mass is 16.6. The van der Waals surface area contributed by atoms with Crippen molar-refractivity contribution in [1.29, 1.82) is 0 Å². The number of anilines is 2. The molecular weight excluding hydrogens is 264 g/mol. The number of carbonyl (C=O) groups is 1. The molecule has 20 heavy (non-hydrogen) atoms. The Kier molecular flexibility index (Phi) is 5.63. The lowest BCUT2D eigenvalue weighted by molar-refractivity contribution is -0.384. The van der Waals surface area contributed by atoms with Gasteiger partial charge in [0.2, 0.25) is 17.7 Å². The molecule has 0 aromatic carbocycles. The molecule has 0 fully saturated rings. The van der Waals surface area contributed by atoms with Gasteiger partial charge in [0.05, 0.1) is 11.5 Å². The first kappa shape index (κ1) is 15.6. The molecule has 110 valence electrons. The Labute approximate surface area is 116 Å². The number of nitro groups is 1. The third-order valence-corrected chi connectivity index (χ3v) is 2.40. The van der Waals surface area contributed by atoms with Gasteiger partial charge >= 0.3 is 5.69 Å². The van der Waals surface area contributed by atoms with Crippen molar-refractivity contribution in [1.82, 2.24) is 15.3 Å². The fourth-order valence-corrected chi connectivity index (χ4v) is 1.56. The standard InChI is InChI=1S/C11H18N6O3/c1-4-12-9(18)7-16(3)10-8(17(19)20)6-14-11(15-10)13-5-2/h6H,4-5,7H2,1-3H3,(H,12,18)(H,13,14,15). The van der Waals surface area contributed by atoms with Crippen molar-refractivity contribution in [3.8, 4) is 0 Å². The van der Waals surface area contributed by atoms with E-state index in [0.717, 1.165) is 6.20 Å². The minimum Gasteiger partial charge on any atom is -0.355 e. The molecule has 1 rings (SSSR count). The molecule has 0 saturated carbocycles. The Morgan fingerprint density at radius 1 is 1.45 bits per heavy atom. The van der Waals surface area contributed by atoms with Gasteiger partial charge in [0.1, 0.15) is 6.20 Å². The summed E-state index contributed by atoms with van der Waals surface area (Å²) < 4.78 is 0. The zero-order valence-electron chi connectivity index (χ0n) is 11.7. The summed E-state index contributed by atoms with van der Waals surface area (Å²) in [6, 6.07) is 0. The monoisotopic (exact) mass is 282 g/mol. The van der Waals surface area contributed by atoms with Crippen LogP contribution in [0.1, 0.15) is 13.8 Å². The van der Waals surface area contributed by atoms with Crippen molar-refractivity contribution in [2.75, 3.05) is 36.9 Å². The zero-order valence-corrected chi connectivity index (χ0v) is 11.7. The van der Waals surface area contributed by atoms with Crippen LogP contribution < -0.4 is 15.5 Å². The molecule has 1 heterocycles. The van der Waals surface area contributed by atoms with Crippen LogP contribution in [0, 0.1) is 10.1 Å². The summed E-state index contributed by atoms with van der Waals surface area (Å²) in [6.07, 6.45) is 1.13. The molecule has 1 aromatic rings. The summed E-state index contributed by atoms with van der Waals surface area (Å²) in [6.45, 7) is 4.74. The Balaban J connectivity index is 3.02. The van der Waals surface area contributed by atoms with Crippen LogP contribution in [-0.4, -0.2) is 47.5 Å². The van der Waals surface area contributed by atoms with Gasteiger partial charge in [-0.3, -0.25) is 14.9 Å². The van der Waals surface area contributed by atoms with Crippen molar-refractivity contribution in [2.24, 2.45) is 0 Å². The number of nitrogens with one attached hydrogen (secondary N) is 2. The van der Waals surface area contributed by atoms with E-state index in [1.807, 2.05) is 6.92 Å². The molecule has 0 bridgehead atoms. The molecule has 0 unspecified atom stereocenters. The van der Waals surface area contributed by atoms with E-state index in [9.17, 15) is 14.9 Å². The number of carbonyl (C=O) groups excluding carboxylic acids is 1. The SMILES string of the molecule is CCNC(=O)CN(C)c1nc(NCC)ncc1[N+](=O)[O-]. The van der Waals surface area contributed by atoms with Gasteiger partial charge in [0.15, 0.2) is 0 Å². The van der Waals surface area contributed by atoms with E-state index < -0.39 is 4.92 Å². The molecule has 0 aliphatic carbocycles. The number of hydrogen-bond acceptors (Lipinski definition) is 7. The molecule has 1 amide bonds. The third kappa shape index (κ3) is 4.04. The molecule has 0 spiro atoms. The van der Waals surface area contributed by atoms with E-state index >= 15 is 0 Å². The molecule has 0 saturated heterocycles. The number of nitrogens with zero attached hydrogens (tertiary/aromatic N) is 4. The summed E-state index contributed by atoms with van der Waals surface area (Å²) in [5.74, 6) is 0.163. The number of aromatic nitrogens is 2. The first-order chi connectivity index (χ1) is 9.49. The summed E-state index contributed by atoms with van der Waals surface area (Å²) in [4.78, 5) is 31.3. The highest BCUT2D eigenvalue weighted by Crippen LogP contribution is 2.24. The van der Waals surface area contributed by atoms with Crippen molar-refractivity contribution >= 4 is 23.4 Å². The highest BCUT2D eigenvalue weighted by Gasteiger charge is 2.22. The lowest BCUT2D eigenvalue weighted by Gasteiger charge is -2.17. The molecule has 0 aliphatic heterocycles. The Bertz CT molecular complexity index is 493. The summed E-state index contributed by atoms with van der Waals surface area (Å²) >= 11 is 0. The number of amides is 1. The van der Waals surface area contributed by atoms with Crippen LogP contribution in [0.4, 0.5) is 17.5 Å². The normalized spacial score (nSPS) is 9.95. The zero-order chi connectivity index (χ0) is 15.1. The van der Waals surface area contributed by atoms with Gasteiger partial charge in [0, 0.05) is 20.1 Å². The van der Waals surface area contributed by atoms with Crippen molar-refractivity contribution in [3.63, 3.8) is 0 Å². The lowest BCUT2D eigenvalue weighted by Crippen LogP contribution is -2.35. The van der Waals surface area contributed by atoms with Crippen LogP contribution >= 0.6 is 0 Å². The molecule has 0 aliphatic rings. The molecular formula is C11H18N6O3. The van der Waals surface area contributed by atoms with E-state index in [0.29, 0.717) is 13.1 Å². The number of likely N-dealkylation sites (N-methyl/N-ethyl adjacent to an activating group) is 2. The molecule has 9 nitrogen and oxygen atoms in total. The Morgan fingerprint density at radius 3 is 2.70 bits per heavy atom. The van der Waals surface area contributed by atoms with Crippen LogP contribution in [-0.2, 0) is 4.79 Å². The largest absolute Gasteiger partial charge is 0.355 e. The van der Waals surface area contributed by atoms with Gasteiger partial charge in [-0.15, -0.1) is 0 Å². The summed E-state index contributed by atoms with van der Waals surface area (Å²) in [5, 5.41) is 16.5. The van der Waals surface area contributed by atoms with Crippen LogP contribution in [0.5, 0.6) is 0 Å². The molecule has 9 heteroatoms. The van der Waals surface area contributed by atoms with Crippen LogP contribution in [0.3, 0.4) is 0 Å². The predicted octanol–water partition coefficient (Wildman–Crippen LogP) is 0.389. The van der Waals surface area contributed by atoms with Crippen molar-refractivity contribution in [2.45, 2.75) is 13.8 Å². The molecule has 2 N–H and O–H groups in total. The maximum atomic E-state index is 11.5. The van der Waals surface area contributed by atoms with E-state index in [1.54, 1.807) is 14.0 Å². The fourth-order valence-electron chi connectivity index (χ4n) is 1.56. The number of hydrogen-bond donors (Lipinski definition) is 2. The smallest absolute Gasteiger partial charge is 0.329 e. The summed E-state index contributed by atoms with van der Waals surface area (Å²) in [7, 11) is 1.57. The Morgan fingerprint density at radius 2 is 2.15 bits per heavy atom. The number of rotatable bonds is 7. The maximum Gasteiger partial charge on any atom is 0.329 e. The van der Waals surface area contributed by atoms with Crippen molar-refractivity contribution < 1.29 is 9.72 Å². The van der Waals surface area contributed by atoms with E-state index in [-0.39, 0.29) is 29.9 Å². The van der Waals surface area contributed by atoms with Gasteiger partial charge in [-0.1, -0.05) is 0 Å². The van der Waals surface area contributed by atoms with Gasteiger partial charge < -0.3 is 15.5 Å². The van der Waals surface area contributed by atoms with E-state index in [4.69, 9.17) is 0 Å². The predicted molar refractivity (Wildman–Crippen MR) is 74.8 cm³/mol. The second-order valence-corrected chi connectivity index (χ2v) is 4.00. The van der Waals surface area contributed by atoms with E-state index in [2.05, 4.69) is 20.6 Å². The highest BCUT2D eigenvalue weighted by molar-refractivity contribution is 5.81. The van der Waals surface area contributed by atoms with Crippen LogP contribution in [0.2, 0.25) is 0 Å². The molecule has 0 atom stereocenters. The average molecular weight is 282 g/mol. The van der Waals surface area contributed by atoms with Crippen LogP contribution in [0.15, 0.2) is 6.20 Å². The van der Waals surface area contributed by atoms with Crippen LogP contribution in [0.25, 0.3) is 0 Å². The minimum atomic E-state index is -0.570. The minimum absolute atomic E-state index is 0.0166. The van der Waals surface area contributed by atoms with Gasteiger partial charge in [-0.2, -0.15) is 4.98 Å². The quantitative estimate of drug-likeness (QED) is 0.549. The second-order valence-electron chi connectivity index (χ2n) is 4.00. The summed E-state index contributed by atoms with van der Waals surface area (Å²) in [5.41, 5.74) is -0.238. The van der Waals surface area contributed by atoms with Gasteiger partial charge in [-0.05, 0) is 13.8 Å². The lowest BCUT2D eigenvalue weighted by atomic mass is 10.4. The average Bonchev–Trinajstić information content (AvgIpc) is 2.38. The maximum absolute atomic E-state index is 11.5. The third-order valence-electron chi connectivity index (χ3n) is 2.40. The second kappa shape index (κ2) is 7.22. The van der Waals surface area contributed by atoms with E-state index in [1.165, 1.54) is 4.90 Å². The first-order valence-electron chi connectivity index (χ1n) is 6.22. The topological polar surface area (TPSA) is 113 Å². The molecule has 0 radical (unpaired) electrons. The molecule has 1 aromatic heterocycles. The van der Waals surface area contributed by atoms with Crippen molar-refractivity contribution in [3.05, 3.63) is 16.3 Å². The Hall–Kier alpha value is -2.45. The fraction of sp³-hybridized carbons (Fsp3) is 0.545.